The molecule has 0 aliphatic rings. The van der Waals surface area contributed by atoms with Crippen LogP contribution in [0.2, 0.25) is 0 Å². The van der Waals surface area contributed by atoms with Crippen LogP contribution >= 0.6 is 0 Å². The Morgan fingerprint density at radius 2 is 2.00 bits per heavy atom. The SMILES string of the molecule is CC(C)=CCNC(C)c1ccc(C)cc1C. The van der Waals surface area contributed by atoms with Crippen LogP contribution in [0.4, 0.5) is 0 Å². The molecule has 1 atom stereocenters. The predicted molar refractivity (Wildman–Crippen MR) is 71.8 cm³/mol. The van der Waals surface area contributed by atoms with Gasteiger partial charge in [0.25, 0.3) is 0 Å². The summed E-state index contributed by atoms with van der Waals surface area (Å²) in [6, 6.07) is 7.07. The maximum atomic E-state index is 3.51. The molecule has 1 heteroatoms. The summed E-state index contributed by atoms with van der Waals surface area (Å²) in [5, 5.41) is 3.51. The minimum absolute atomic E-state index is 0.413. The normalized spacial score (nSPS) is 12.3. The summed E-state index contributed by atoms with van der Waals surface area (Å²) in [5.74, 6) is 0. The van der Waals surface area contributed by atoms with Crippen LogP contribution in [0.3, 0.4) is 0 Å². The third kappa shape index (κ3) is 3.82. The van der Waals surface area contributed by atoms with Crippen molar-refractivity contribution in [1.82, 2.24) is 5.32 Å². The summed E-state index contributed by atoms with van der Waals surface area (Å²) in [5.41, 5.74) is 5.46. The first-order chi connectivity index (χ1) is 7.50. The van der Waals surface area contributed by atoms with E-state index in [1.807, 2.05) is 0 Å². The highest BCUT2D eigenvalue weighted by Crippen LogP contribution is 2.18. The number of hydrogen-bond donors (Lipinski definition) is 1. The molecule has 1 nitrogen and oxygen atoms in total. The fourth-order valence-electron chi connectivity index (χ4n) is 1.86. The van der Waals surface area contributed by atoms with Gasteiger partial charge in [0.2, 0.25) is 0 Å². The second kappa shape index (κ2) is 5.86. The van der Waals surface area contributed by atoms with E-state index in [0.717, 1.165) is 6.54 Å². The van der Waals surface area contributed by atoms with Gasteiger partial charge < -0.3 is 5.32 Å². The van der Waals surface area contributed by atoms with Crippen LogP contribution in [0.1, 0.15) is 43.5 Å². The molecule has 0 bridgehead atoms. The van der Waals surface area contributed by atoms with E-state index in [4.69, 9.17) is 0 Å². The molecule has 88 valence electrons. The molecule has 1 rings (SSSR count). The Bertz CT molecular complexity index is 373. The first-order valence-electron chi connectivity index (χ1n) is 5.94. The van der Waals surface area contributed by atoms with Gasteiger partial charge in [0.1, 0.15) is 0 Å². The highest BCUT2D eigenvalue weighted by Gasteiger charge is 2.06. The molecule has 16 heavy (non-hydrogen) atoms. The maximum absolute atomic E-state index is 3.51. The molecule has 0 fully saturated rings. The number of rotatable bonds is 4. The molecule has 1 N–H and O–H groups in total. The Hall–Kier alpha value is -1.08. The van der Waals surface area contributed by atoms with Crippen molar-refractivity contribution in [3.05, 3.63) is 46.5 Å². The lowest BCUT2D eigenvalue weighted by Crippen LogP contribution is -2.19. The van der Waals surface area contributed by atoms with Gasteiger partial charge in [0, 0.05) is 12.6 Å². The zero-order valence-electron chi connectivity index (χ0n) is 11.1. The number of aryl methyl sites for hydroxylation is 2. The van der Waals surface area contributed by atoms with Gasteiger partial charge in [0.15, 0.2) is 0 Å². The summed E-state index contributed by atoms with van der Waals surface area (Å²) < 4.78 is 0. The van der Waals surface area contributed by atoms with Crippen LogP contribution in [-0.4, -0.2) is 6.54 Å². The monoisotopic (exact) mass is 217 g/mol. The third-order valence-corrected chi connectivity index (χ3v) is 2.83. The molecule has 0 heterocycles. The van der Waals surface area contributed by atoms with Crippen molar-refractivity contribution in [2.24, 2.45) is 0 Å². The molecule has 0 saturated carbocycles. The van der Waals surface area contributed by atoms with Crippen LogP contribution in [0, 0.1) is 13.8 Å². The van der Waals surface area contributed by atoms with Gasteiger partial charge in [-0.2, -0.15) is 0 Å². The Morgan fingerprint density at radius 3 is 2.56 bits per heavy atom. The quantitative estimate of drug-likeness (QED) is 0.754. The van der Waals surface area contributed by atoms with E-state index in [1.165, 1.54) is 22.3 Å². The first kappa shape index (κ1) is 13.0. The lowest BCUT2D eigenvalue weighted by atomic mass is 10.0. The Balaban J connectivity index is 2.66. The molecule has 0 radical (unpaired) electrons. The predicted octanol–water partition coefficient (Wildman–Crippen LogP) is 3.92. The fraction of sp³-hybridized carbons (Fsp3) is 0.467. The summed E-state index contributed by atoms with van der Waals surface area (Å²) in [7, 11) is 0. The first-order valence-corrected chi connectivity index (χ1v) is 5.94. The standard InChI is InChI=1S/C15H23N/c1-11(2)8-9-16-14(5)15-7-6-12(3)10-13(15)4/h6-8,10,14,16H,9H2,1-5H3. The molecular weight excluding hydrogens is 194 g/mol. The third-order valence-electron chi connectivity index (χ3n) is 2.83. The zero-order valence-corrected chi connectivity index (χ0v) is 11.1. The topological polar surface area (TPSA) is 12.0 Å². The molecule has 1 unspecified atom stereocenters. The summed E-state index contributed by atoms with van der Waals surface area (Å²) in [4.78, 5) is 0. The maximum Gasteiger partial charge on any atom is 0.0297 e. The van der Waals surface area contributed by atoms with E-state index in [-0.39, 0.29) is 0 Å². The van der Waals surface area contributed by atoms with Gasteiger partial charge in [0.05, 0.1) is 0 Å². The lowest BCUT2D eigenvalue weighted by Gasteiger charge is -2.16. The van der Waals surface area contributed by atoms with E-state index in [2.05, 4.69) is 64.2 Å². The number of nitrogens with one attached hydrogen (secondary N) is 1. The molecule has 0 aromatic heterocycles. The average Bonchev–Trinajstić information content (AvgIpc) is 2.16. The van der Waals surface area contributed by atoms with Gasteiger partial charge >= 0.3 is 0 Å². The van der Waals surface area contributed by atoms with Crippen molar-refractivity contribution in [3.8, 4) is 0 Å². The number of hydrogen-bond acceptors (Lipinski definition) is 1. The zero-order chi connectivity index (χ0) is 12.1. The minimum Gasteiger partial charge on any atom is -0.307 e. The number of benzene rings is 1. The summed E-state index contributed by atoms with van der Waals surface area (Å²) in [6.07, 6.45) is 2.22. The van der Waals surface area contributed by atoms with Gasteiger partial charge in [-0.25, -0.2) is 0 Å². The molecule has 1 aromatic carbocycles. The molecular formula is C15H23N. The Morgan fingerprint density at radius 1 is 1.31 bits per heavy atom. The second-order valence-electron chi connectivity index (χ2n) is 4.77. The van der Waals surface area contributed by atoms with Crippen molar-refractivity contribution in [2.75, 3.05) is 6.54 Å². The lowest BCUT2D eigenvalue weighted by molar-refractivity contribution is 0.613. The highest BCUT2D eigenvalue weighted by molar-refractivity contribution is 5.32. The van der Waals surface area contributed by atoms with Gasteiger partial charge in [-0.3, -0.25) is 0 Å². The van der Waals surface area contributed by atoms with Crippen LogP contribution in [0.5, 0.6) is 0 Å². The average molecular weight is 217 g/mol. The van der Waals surface area contributed by atoms with Crippen LogP contribution in [-0.2, 0) is 0 Å². The molecule has 1 aromatic rings. The van der Waals surface area contributed by atoms with Crippen molar-refractivity contribution in [2.45, 2.75) is 40.7 Å². The van der Waals surface area contributed by atoms with Crippen LogP contribution in [0.15, 0.2) is 29.8 Å². The summed E-state index contributed by atoms with van der Waals surface area (Å²) in [6.45, 7) is 11.7. The molecule has 0 aliphatic carbocycles. The fourth-order valence-corrected chi connectivity index (χ4v) is 1.86. The van der Waals surface area contributed by atoms with E-state index in [0.29, 0.717) is 6.04 Å². The second-order valence-corrected chi connectivity index (χ2v) is 4.77. The van der Waals surface area contributed by atoms with Crippen molar-refractivity contribution in [3.63, 3.8) is 0 Å². The Labute approximate surface area is 99.6 Å². The van der Waals surface area contributed by atoms with E-state index >= 15 is 0 Å². The molecule has 0 spiro atoms. The number of allylic oxidation sites excluding steroid dienone is 1. The molecule has 0 saturated heterocycles. The largest absolute Gasteiger partial charge is 0.307 e. The van der Waals surface area contributed by atoms with Crippen molar-refractivity contribution >= 4 is 0 Å². The van der Waals surface area contributed by atoms with Crippen molar-refractivity contribution < 1.29 is 0 Å². The van der Waals surface area contributed by atoms with Gasteiger partial charge in [-0.15, -0.1) is 0 Å². The van der Waals surface area contributed by atoms with Gasteiger partial charge in [-0.05, 0) is 45.7 Å². The smallest absolute Gasteiger partial charge is 0.0297 e. The molecule has 0 aliphatic heterocycles. The van der Waals surface area contributed by atoms with Crippen LogP contribution < -0.4 is 5.32 Å². The Kier molecular flexibility index (Phi) is 4.75. The minimum atomic E-state index is 0.413. The van der Waals surface area contributed by atoms with Gasteiger partial charge in [-0.1, -0.05) is 35.4 Å². The molecule has 0 amide bonds. The highest BCUT2D eigenvalue weighted by atomic mass is 14.9. The van der Waals surface area contributed by atoms with E-state index in [9.17, 15) is 0 Å². The van der Waals surface area contributed by atoms with Crippen molar-refractivity contribution in [1.29, 1.82) is 0 Å². The van der Waals surface area contributed by atoms with E-state index < -0.39 is 0 Å². The van der Waals surface area contributed by atoms with E-state index in [1.54, 1.807) is 0 Å². The summed E-state index contributed by atoms with van der Waals surface area (Å²) >= 11 is 0. The van der Waals surface area contributed by atoms with Crippen LogP contribution in [0.25, 0.3) is 0 Å².